The fourth-order valence-electron chi connectivity index (χ4n) is 4.95. The van der Waals surface area contributed by atoms with Crippen LogP contribution in [0.15, 0.2) is 48.5 Å². The van der Waals surface area contributed by atoms with Gasteiger partial charge in [0, 0.05) is 25.8 Å². The van der Waals surface area contributed by atoms with Crippen LogP contribution in [0.3, 0.4) is 0 Å². The van der Waals surface area contributed by atoms with E-state index in [-0.39, 0.29) is 30.6 Å². The highest BCUT2D eigenvalue weighted by Crippen LogP contribution is 2.33. The van der Waals surface area contributed by atoms with E-state index in [0.29, 0.717) is 0 Å². The third kappa shape index (κ3) is 3.36. The molecule has 0 bridgehead atoms. The van der Waals surface area contributed by atoms with E-state index in [0.717, 1.165) is 36.3 Å². The number of anilines is 1. The number of halogens is 1. The lowest BCUT2D eigenvalue weighted by atomic mass is 10.1. The molecule has 3 unspecified atom stereocenters. The summed E-state index contributed by atoms with van der Waals surface area (Å²) in [6, 6.07) is 13.5. The molecule has 0 radical (unpaired) electrons. The van der Waals surface area contributed by atoms with Crippen molar-refractivity contribution in [2.75, 3.05) is 25.0 Å². The molecule has 2 aromatic rings. The summed E-state index contributed by atoms with van der Waals surface area (Å²) in [6.07, 6.45) is 0.244. The average Bonchev–Trinajstić information content (AvgIpc) is 3.16. The molecule has 7 nitrogen and oxygen atoms in total. The standard InChI is InChI=1S/C23H26FN5O2/c1-15-5-3-6-16(13-15)14-29-21(30)19-20(26(2)23(29)31)25-22-27(11-4-12-28(19)22)18-9-7-17(24)8-10-18/h3,5-10,13,19-20,22,25H,4,11-12,14H2,1-2H3. The van der Waals surface area contributed by atoms with Gasteiger partial charge in [0.1, 0.15) is 24.3 Å². The predicted octanol–water partition coefficient (Wildman–Crippen LogP) is 2.32. The number of hydrogen-bond donors (Lipinski definition) is 1. The Kier molecular flexibility index (Phi) is 4.91. The summed E-state index contributed by atoms with van der Waals surface area (Å²) >= 11 is 0. The molecule has 3 saturated heterocycles. The Bertz CT molecular complexity index is 1010. The van der Waals surface area contributed by atoms with Crippen LogP contribution in [0.5, 0.6) is 0 Å². The molecule has 0 spiro atoms. The first-order chi connectivity index (χ1) is 14.9. The molecule has 162 valence electrons. The third-order valence-corrected chi connectivity index (χ3v) is 6.45. The zero-order chi connectivity index (χ0) is 21.7. The molecule has 0 saturated carbocycles. The van der Waals surface area contributed by atoms with E-state index in [1.165, 1.54) is 17.0 Å². The van der Waals surface area contributed by atoms with Gasteiger partial charge >= 0.3 is 6.03 Å². The van der Waals surface area contributed by atoms with Crippen molar-refractivity contribution in [3.05, 3.63) is 65.5 Å². The van der Waals surface area contributed by atoms with Crippen molar-refractivity contribution in [2.24, 2.45) is 0 Å². The molecule has 3 heterocycles. The normalized spacial score (nSPS) is 26.3. The first kappa shape index (κ1) is 20.0. The molecule has 2 aromatic carbocycles. The smallest absolute Gasteiger partial charge is 0.328 e. The number of nitrogens with one attached hydrogen (secondary N) is 1. The number of nitrogens with zero attached hydrogens (tertiary/aromatic N) is 4. The van der Waals surface area contributed by atoms with E-state index in [1.54, 1.807) is 24.1 Å². The SMILES string of the molecule is Cc1cccc(CN2C(=O)C3C(NC4N(c5ccc(F)cc5)CCCN34)N(C)C2=O)c1. The largest absolute Gasteiger partial charge is 0.343 e. The van der Waals surface area contributed by atoms with Crippen LogP contribution in [0, 0.1) is 12.7 Å². The van der Waals surface area contributed by atoms with Crippen LogP contribution in [-0.4, -0.2) is 65.3 Å². The number of fused-ring (bicyclic) bond motifs is 3. The van der Waals surface area contributed by atoms with Crippen molar-refractivity contribution in [3.63, 3.8) is 0 Å². The molecule has 0 aromatic heterocycles. The van der Waals surface area contributed by atoms with E-state index in [4.69, 9.17) is 0 Å². The van der Waals surface area contributed by atoms with Crippen LogP contribution in [0.25, 0.3) is 0 Å². The maximum atomic E-state index is 13.5. The molecule has 31 heavy (non-hydrogen) atoms. The highest BCUT2D eigenvalue weighted by Gasteiger charge is 2.56. The van der Waals surface area contributed by atoms with Crippen LogP contribution in [0.4, 0.5) is 14.9 Å². The lowest BCUT2D eigenvalue weighted by Crippen LogP contribution is -2.66. The van der Waals surface area contributed by atoms with Gasteiger partial charge in [0.2, 0.25) is 0 Å². The van der Waals surface area contributed by atoms with Gasteiger partial charge in [-0.1, -0.05) is 29.8 Å². The fourth-order valence-corrected chi connectivity index (χ4v) is 4.95. The third-order valence-electron chi connectivity index (χ3n) is 6.45. The highest BCUT2D eigenvalue weighted by atomic mass is 19.1. The minimum Gasteiger partial charge on any atom is -0.343 e. The molecule has 3 fully saturated rings. The van der Waals surface area contributed by atoms with Crippen LogP contribution in [0.2, 0.25) is 0 Å². The lowest BCUT2D eigenvalue weighted by Gasteiger charge is -2.43. The molecule has 3 amide bonds. The van der Waals surface area contributed by atoms with Gasteiger partial charge < -0.3 is 9.80 Å². The number of imide groups is 1. The summed E-state index contributed by atoms with van der Waals surface area (Å²) in [5.74, 6) is -0.455. The number of benzene rings is 2. The van der Waals surface area contributed by atoms with Crippen LogP contribution in [-0.2, 0) is 11.3 Å². The van der Waals surface area contributed by atoms with Crippen molar-refractivity contribution in [1.29, 1.82) is 0 Å². The Morgan fingerprint density at radius 3 is 2.61 bits per heavy atom. The molecule has 5 rings (SSSR count). The van der Waals surface area contributed by atoms with E-state index in [2.05, 4.69) is 15.1 Å². The van der Waals surface area contributed by atoms with Gasteiger partial charge in [0.25, 0.3) is 5.91 Å². The Morgan fingerprint density at radius 2 is 1.87 bits per heavy atom. The number of carbonyl (C=O) groups excluding carboxylic acids is 2. The van der Waals surface area contributed by atoms with Gasteiger partial charge in [-0.25, -0.2) is 9.18 Å². The van der Waals surface area contributed by atoms with Crippen LogP contribution >= 0.6 is 0 Å². The van der Waals surface area contributed by atoms with Gasteiger partial charge in [-0.2, -0.15) is 0 Å². The number of rotatable bonds is 3. The maximum absolute atomic E-state index is 13.5. The van der Waals surface area contributed by atoms with Gasteiger partial charge in [-0.15, -0.1) is 0 Å². The summed E-state index contributed by atoms with van der Waals surface area (Å²) in [5.41, 5.74) is 2.91. The highest BCUT2D eigenvalue weighted by molar-refractivity contribution is 6.00. The van der Waals surface area contributed by atoms with Gasteiger partial charge in [-0.3, -0.25) is 19.9 Å². The van der Waals surface area contributed by atoms with Crippen LogP contribution in [0.1, 0.15) is 17.5 Å². The Balaban J connectivity index is 1.43. The van der Waals surface area contributed by atoms with Crippen molar-refractivity contribution in [3.8, 4) is 0 Å². The lowest BCUT2D eigenvalue weighted by molar-refractivity contribution is -0.139. The van der Waals surface area contributed by atoms with E-state index < -0.39 is 12.2 Å². The second-order valence-electron chi connectivity index (χ2n) is 8.50. The van der Waals surface area contributed by atoms with Crippen molar-refractivity contribution < 1.29 is 14.0 Å². The molecule has 3 aliphatic heterocycles. The summed E-state index contributed by atoms with van der Waals surface area (Å²) in [7, 11) is 1.74. The second-order valence-corrected chi connectivity index (χ2v) is 8.50. The molecule has 8 heteroatoms. The Hall–Kier alpha value is -2.97. The van der Waals surface area contributed by atoms with E-state index in [1.807, 2.05) is 31.2 Å². The van der Waals surface area contributed by atoms with Crippen molar-refractivity contribution in [1.82, 2.24) is 20.0 Å². The van der Waals surface area contributed by atoms with Crippen molar-refractivity contribution in [2.45, 2.75) is 38.4 Å². The summed E-state index contributed by atoms with van der Waals surface area (Å²) in [6.45, 7) is 3.79. The summed E-state index contributed by atoms with van der Waals surface area (Å²) in [5, 5.41) is 3.48. The number of carbonyl (C=O) groups is 2. The quantitative estimate of drug-likeness (QED) is 0.821. The Morgan fingerprint density at radius 1 is 1.10 bits per heavy atom. The second kappa shape index (κ2) is 7.62. The summed E-state index contributed by atoms with van der Waals surface area (Å²) in [4.78, 5) is 33.9. The van der Waals surface area contributed by atoms with Gasteiger partial charge in [0.15, 0.2) is 0 Å². The molecular formula is C23H26FN5O2. The predicted molar refractivity (Wildman–Crippen MR) is 114 cm³/mol. The van der Waals surface area contributed by atoms with Gasteiger partial charge in [-0.05, 0) is 43.2 Å². The fraction of sp³-hybridized carbons (Fsp3) is 0.391. The number of amides is 3. The zero-order valence-electron chi connectivity index (χ0n) is 17.7. The number of likely N-dealkylation sites (N-methyl/N-ethyl adjacent to an activating group) is 1. The summed E-state index contributed by atoms with van der Waals surface area (Å²) < 4.78 is 13.4. The van der Waals surface area contributed by atoms with Crippen LogP contribution < -0.4 is 10.2 Å². The molecule has 3 atom stereocenters. The number of hydrogen-bond acceptors (Lipinski definition) is 5. The molecule has 3 aliphatic rings. The monoisotopic (exact) mass is 423 g/mol. The molecule has 1 N–H and O–H groups in total. The first-order valence-electron chi connectivity index (χ1n) is 10.6. The minimum atomic E-state index is -0.458. The zero-order valence-corrected chi connectivity index (χ0v) is 17.7. The Labute approximate surface area is 181 Å². The maximum Gasteiger partial charge on any atom is 0.328 e. The topological polar surface area (TPSA) is 59.1 Å². The van der Waals surface area contributed by atoms with E-state index >= 15 is 0 Å². The number of aryl methyl sites for hydroxylation is 1. The van der Waals surface area contributed by atoms with Gasteiger partial charge in [0.05, 0.1) is 6.54 Å². The van der Waals surface area contributed by atoms with E-state index in [9.17, 15) is 14.0 Å². The first-order valence-corrected chi connectivity index (χ1v) is 10.6. The number of urea groups is 1. The average molecular weight is 423 g/mol. The molecule has 0 aliphatic carbocycles. The minimum absolute atomic E-state index is 0.175. The molecular weight excluding hydrogens is 397 g/mol. The van der Waals surface area contributed by atoms with Crippen molar-refractivity contribution >= 4 is 17.6 Å².